The molecule has 0 aliphatic rings. The van der Waals surface area contributed by atoms with Crippen molar-refractivity contribution in [1.29, 1.82) is 0 Å². The number of thiazole rings is 1. The summed E-state index contributed by atoms with van der Waals surface area (Å²) in [5, 5.41) is 4.60. The Balaban J connectivity index is 1.56. The highest BCUT2D eigenvalue weighted by atomic mass is 32.1. The maximum atomic E-state index is 14.0. The van der Waals surface area contributed by atoms with Crippen molar-refractivity contribution in [2.24, 2.45) is 0 Å². The molecule has 0 aliphatic carbocycles. The van der Waals surface area contributed by atoms with E-state index in [4.69, 9.17) is 4.74 Å². The number of hydrogen-bond acceptors (Lipinski definition) is 5. The van der Waals surface area contributed by atoms with Crippen molar-refractivity contribution in [3.05, 3.63) is 72.8 Å². The van der Waals surface area contributed by atoms with Gasteiger partial charge in [0, 0.05) is 18.9 Å². The van der Waals surface area contributed by atoms with Crippen molar-refractivity contribution in [3.63, 3.8) is 0 Å². The quantitative estimate of drug-likeness (QED) is 0.477. The molecular formula is C20H17FN4O2S. The number of carbonyl (C=O) groups excluding carboxylic acids is 1. The summed E-state index contributed by atoms with van der Waals surface area (Å²) in [4.78, 5) is 18.8. The molecule has 0 radical (unpaired) electrons. The highest BCUT2D eigenvalue weighted by Crippen LogP contribution is 2.30. The first-order chi connectivity index (χ1) is 13.7. The van der Waals surface area contributed by atoms with Gasteiger partial charge in [0.2, 0.25) is 0 Å². The first-order valence-electron chi connectivity index (χ1n) is 8.71. The van der Waals surface area contributed by atoms with Gasteiger partial charge in [-0.1, -0.05) is 35.6 Å². The van der Waals surface area contributed by atoms with E-state index >= 15 is 0 Å². The van der Waals surface area contributed by atoms with Gasteiger partial charge < -0.3 is 4.74 Å². The lowest BCUT2D eigenvalue weighted by molar-refractivity contribution is -0.120. The van der Waals surface area contributed by atoms with Gasteiger partial charge in [-0.05, 0) is 30.3 Å². The van der Waals surface area contributed by atoms with Crippen LogP contribution < -0.4 is 9.64 Å². The number of rotatable bonds is 7. The molecule has 0 aliphatic heterocycles. The monoisotopic (exact) mass is 396 g/mol. The van der Waals surface area contributed by atoms with Crippen LogP contribution in [-0.4, -0.2) is 33.8 Å². The standard InChI is InChI=1S/C20H17FN4O2S/c21-16-8-4-9-17-19(16)23-20(28-17)25(13-12-24-11-5-10-22-24)18(26)14-27-15-6-2-1-3-7-15/h1-11H,12-14H2. The van der Waals surface area contributed by atoms with Crippen LogP contribution in [0, 0.1) is 5.82 Å². The van der Waals surface area contributed by atoms with Gasteiger partial charge in [-0.3, -0.25) is 14.4 Å². The normalized spacial score (nSPS) is 10.9. The maximum absolute atomic E-state index is 14.0. The Bertz CT molecular complexity index is 1070. The molecule has 4 rings (SSSR count). The highest BCUT2D eigenvalue weighted by molar-refractivity contribution is 7.22. The summed E-state index contributed by atoms with van der Waals surface area (Å²) < 4.78 is 22.1. The average molecular weight is 396 g/mol. The van der Waals surface area contributed by atoms with E-state index < -0.39 is 5.82 Å². The molecule has 0 saturated carbocycles. The SMILES string of the molecule is O=C(COc1ccccc1)N(CCn1cccn1)c1nc2c(F)cccc2s1. The summed E-state index contributed by atoms with van der Waals surface area (Å²) in [5.74, 6) is -0.0475. The number of amides is 1. The molecule has 0 N–H and O–H groups in total. The molecule has 1 amide bonds. The number of anilines is 1. The Morgan fingerprint density at radius 2 is 2.00 bits per heavy atom. The van der Waals surface area contributed by atoms with E-state index in [1.54, 1.807) is 35.1 Å². The van der Waals surface area contributed by atoms with Crippen LogP contribution in [0.25, 0.3) is 10.2 Å². The van der Waals surface area contributed by atoms with E-state index in [2.05, 4.69) is 10.1 Å². The zero-order valence-electron chi connectivity index (χ0n) is 14.9. The topological polar surface area (TPSA) is 60.2 Å². The molecule has 0 atom stereocenters. The maximum Gasteiger partial charge on any atom is 0.266 e. The Morgan fingerprint density at radius 1 is 1.14 bits per heavy atom. The third-order valence-corrected chi connectivity index (χ3v) is 5.15. The van der Waals surface area contributed by atoms with Crippen molar-refractivity contribution in [3.8, 4) is 5.75 Å². The average Bonchev–Trinajstić information content (AvgIpc) is 3.38. The van der Waals surface area contributed by atoms with Gasteiger partial charge in [0.1, 0.15) is 17.1 Å². The second-order valence-electron chi connectivity index (χ2n) is 6.00. The largest absolute Gasteiger partial charge is 0.484 e. The minimum absolute atomic E-state index is 0.137. The van der Waals surface area contributed by atoms with Gasteiger partial charge in [-0.2, -0.15) is 5.10 Å². The molecule has 0 fully saturated rings. The van der Waals surface area contributed by atoms with E-state index in [-0.39, 0.29) is 18.0 Å². The lowest BCUT2D eigenvalue weighted by atomic mass is 10.3. The Morgan fingerprint density at radius 3 is 2.75 bits per heavy atom. The fourth-order valence-corrected chi connectivity index (χ4v) is 3.74. The molecular weight excluding hydrogens is 379 g/mol. The summed E-state index contributed by atoms with van der Waals surface area (Å²) in [5.41, 5.74) is 0.267. The number of aromatic nitrogens is 3. The molecule has 6 nitrogen and oxygen atoms in total. The fourth-order valence-electron chi connectivity index (χ4n) is 2.72. The second-order valence-corrected chi connectivity index (χ2v) is 7.01. The smallest absolute Gasteiger partial charge is 0.266 e. The number of fused-ring (bicyclic) bond motifs is 1. The molecule has 2 aromatic carbocycles. The summed E-state index contributed by atoms with van der Waals surface area (Å²) >= 11 is 1.28. The van der Waals surface area contributed by atoms with Gasteiger partial charge >= 0.3 is 0 Å². The molecule has 8 heteroatoms. The fraction of sp³-hybridized carbons (Fsp3) is 0.150. The summed E-state index contributed by atoms with van der Waals surface area (Å²) in [6.45, 7) is 0.699. The van der Waals surface area contributed by atoms with E-state index in [1.807, 2.05) is 30.5 Å². The number of nitrogens with zero attached hydrogens (tertiary/aromatic N) is 4. The lowest BCUT2D eigenvalue weighted by Crippen LogP contribution is -2.37. The van der Waals surface area contributed by atoms with E-state index in [9.17, 15) is 9.18 Å². The van der Waals surface area contributed by atoms with Crippen LogP contribution in [0.2, 0.25) is 0 Å². The minimum Gasteiger partial charge on any atom is -0.484 e. The van der Waals surface area contributed by atoms with Gasteiger partial charge in [0.15, 0.2) is 11.7 Å². The van der Waals surface area contributed by atoms with Crippen LogP contribution >= 0.6 is 11.3 Å². The van der Waals surface area contributed by atoms with Crippen LogP contribution in [0.15, 0.2) is 67.0 Å². The number of para-hydroxylation sites is 2. The summed E-state index contributed by atoms with van der Waals surface area (Å²) in [6.07, 6.45) is 3.50. The first kappa shape index (κ1) is 18.1. The number of benzene rings is 2. The molecule has 4 aromatic rings. The van der Waals surface area contributed by atoms with Gasteiger partial charge in [0.25, 0.3) is 5.91 Å². The molecule has 0 bridgehead atoms. The lowest BCUT2D eigenvalue weighted by Gasteiger charge is -2.20. The number of carbonyl (C=O) groups is 1. The molecule has 142 valence electrons. The first-order valence-corrected chi connectivity index (χ1v) is 9.53. The molecule has 28 heavy (non-hydrogen) atoms. The van der Waals surface area contributed by atoms with E-state index in [1.165, 1.54) is 22.3 Å². The molecule has 0 spiro atoms. The predicted octanol–water partition coefficient (Wildman–Crippen LogP) is 3.74. The van der Waals surface area contributed by atoms with Crippen molar-refractivity contribution < 1.29 is 13.9 Å². The zero-order chi connectivity index (χ0) is 19.3. The van der Waals surface area contributed by atoms with Gasteiger partial charge in [-0.15, -0.1) is 0 Å². The molecule has 0 unspecified atom stereocenters. The van der Waals surface area contributed by atoms with Crippen molar-refractivity contribution in [1.82, 2.24) is 14.8 Å². The summed E-state index contributed by atoms with van der Waals surface area (Å²) in [6, 6.07) is 15.7. The zero-order valence-corrected chi connectivity index (χ0v) is 15.7. The van der Waals surface area contributed by atoms with Crippen LogP contribution in [0.5, 0.6) is 5.75 Å². The van der Waals surface area contributed by atoms with E-state index in [0.29, 0.717) is 28.7 Å². The minimum atomic E-state index is -0.403. The molecule has 0 saturated heterocycles. The predicted molar refractivity (Wildman–Crippen MR) is 106 cm³/mol. The van der Waals surface area contributed by atoms with Gasteiger partial charge in [-0.25, -0.2) is 9.37 Å². The molecule has 2 heterocycles. The number of ether oxygens (including phenoxy) is 1. The van der Waals surface area contributed by atoms with Crippen molar-refractivity contribution in [2.75, 3.05) is 18.1 Å². The highest BCUT2D eigenvalue weighted by Gasteiger charge is 2.21. The third kappa shape index (κ3) is 4.01. The Hall–Kier alpha value is -3.26. The number of hydrogen-bond donors (Lipinski definition) is 0. The second kappa shape index (κ2) is 8.18. The summed E-state index contributed by atoms with van der Waals surface area (Å²) in [7, 11) is 0. The van der Waals surface area contributed by atoms with Crippen LogP contribution in [-0.2, 0) is 11.3 Å². The Labute approximate surface area is 164 Å². The van der Waals surface area contributed by atoms with Crippen LogP contribution in [0.4, 0.5) is 9.52 Å². The van der Waals surface area contributed by atoms with Crippen LogP contribution in [0.1, 0.15) is 0 Å². The van der Waals surface area contributed by atoms with Crippen molar-refractivity contribution in [2.45, 2.75) is 6.54 Å². The number of halogens is 1. The Kier molecular flexibility index (Phi) is 5.29. The van der Waals surface area contributed by atoms with Crippen LogP contribution in [0.3, 0.4) is 0 Å². The third-order valence-electron chi connectivity index (χ3n) is 4.11. The van der Waals surface area contributed by atoms with Crippen molar-refractivity contribution >= 4 is 32.6 Å². The molecule has 2 aromatic heterocycles. The van der Waals surface area contributed by atoms with Gasteiger partial charge in [0.05, 0.1) is 11.2 Å². The van der Waals surface area contributed by atoms with E-state index in [0.717, 1.165) is 0 Å².